The van der Waals surface area contributed by atoms with Gasteiger partial charge in [0, 0.05) is 25.8 Å². The fourth-order valence-corrected chi connectivity index (χ4v) is 4.95. The van der Waals surface area contributed by atoms with Gasteiger partial charge >= 0.3 is 0 Å². The zero-order valence-corrected chi connectivity index (χ0v) is 14.5. The summed E-state index contributed by atoms with van der Waals surface area (Å²) in [5.41, 5.74) is 0. The van der Waals surface area contributed by atoms with E-state index in [2.05, 4.69) is 15.9 Å². The molecule has 120 valence electrons. The third-order valence-corrected chi connectivity index (χ3v) is 6.57. The molecule has 21 heavy (non-hydrogen) atoms. The van der Waals surface area contributed by atoms with Crippen LogP contribution in [-0.4, -0.2) is 44.1 Å². The van der Waals surface area contributed by atoms with Crippen LogP contribution < -0.4 is 0 Å². The molecule has 1 fully saturated rings. The molecular formula is C13H20BrNO5S. The summed E-state index contributed by atoms with van der Waals surface area (Å²) >= 11 is 3.12. The first-order valence-corrected chi connectivity index (χ1v) is 9.05. The third kappa shape index (κ3) is 3.68. The van der Waals surface area contributed by atoms with Gasteiger partial charge in [-0.05, 0) is 41.6 Å². The average molecular weight is 382 g/mol. The number of rotatable bonds is 8. The van der Waals surface area contributed by atoms with Crippen LogP contribution in [0.4, 0.5) is 0 Å². The minimum Gasteiger partial charge on any atom is -0.450 e. The van der Waals surface area contributed by atoms with E-state index in [0.717, 1.165) is 12.8 Å². The van der Waals surface area contributed by atoms with Crippen LogP contribution in [0, 0.1) is 5.92 Å². The van der Waals surface area contributed by atoms with E-state index in [0.29, 0.717) is 19.1 Å². The number of aliphatic hydroxyl groups excluding tert-OH is 1. The van der Waals surface area contributed by atoms with E-state index in [4.69, 9.17) is 14.3 Å². The number of methoxy groups -OCH3 is 1. The molecule has 0 bridgehead atoms. The van der Waals surface area contributed by atoms with E-state index >= 15 is 0 Å². The zero-order chi connectivity index (χ0) is 15.6. The molecule has 1 aliphatic rings. The molecule has 1 aromatic heterocycles. The fraction of sp³-hybridized carbons (Fsp3) is 0.692. The Morgan fingerprint density at radius 3 is 2.71 bits per heavy atom. The van der Waals surface area contributed by atoms with Gasteiger partial charge in [-0.1, -0.05) is 0 Å². The Morgan fingerprint density at radius 2 is 2.24 bits per heavy atom. The minimum absolute atomic E-state index is 0.0511. The van der Waals surface area contributed by atoms with Crippen molar-refractivity contribution >= 4 is 26.0 Å². The van der Waals surface area contributed by atoms with Gasteiger partial charge in [0.25, 0.3) is 0 Å². The van der Waals surface area contributed by atoms with E-state index < -0.39 is 10.0 Å². The lowest BCUT2D eigenvalue weighted by molar-refractivity contribution is 0.164. The van der Waals surface area contributed by atoms with E-state index in [9.17, 15) is 8.42 Å². The van der Waals surface area contributed by atoms with Crippen molar-refractivity contribution in [2.45, 2.75) is 37.3 Å². The average Bonchev–Trinajstić information content (AvgIpc) is 3.21. The summed E-state index contributed by atoms with van der Waals surface area (Å²) in [6.07, 6.45) is 2.10. The van der Waals surface area contributed by atoms with Gasteiger partial charge in [0.2, 0.25) is 10.0 Å². The normalized spacial score (nSPS) is 17.4. The first-order chi connectivity index (χ1) is 9.91. The van der Waals surface area contributed by atoms with Gasteiger partial charge in [-0.25, -0.2) is 8.42 Å². The number of hydrogen-bond acceptors (Lipinski definition) is 5. The van der Waals surface area contributed by atoms with E-state index in [1.165, 1.54) is 10.4 Å². The largest absolute Gasteiger partial charge is 0.450 e. The number of furan rings is 1. The molecular weight excluding hydrogens is 362 g/mol. The number of nitrogens with zero attached hydrogens (tertiary/aromatic N) is 1. The van der Waals surface area contributed by atoms with Crippen molar-refractivity contribution in [3.63, 3.8) is 0 Å². The van der Waals surface area contributed by atoms with E-state index in [1.807, 2.05) is 6.92 Å². The molecule has 6 nitrogen and oxygen atoms in total. The highest BCUT2D eigenvalue weighted by Crippen LogP contribution is 2.38. The Kier molecular flexibility index (Phi) is 5.48. The fourth-order valence-electron chi connectivity index (χ4n) is 2.32. The summed E-state index contributed by atoms with van der Waals surface area (Å²) in [6, 6.07) is 1.28. The molecule has 0 spiro atoms. The summed E-state index contributed by atoms with van der Waals surface area (Å²) in [7, 11) is -2.15. The third-order valence-electron chi connectivity index (χ3n) is 3.72. The van der Waals surface area contributed by atoms with Gasteiger partial charge in [-0.15, -0.1) is 0 Å². The quantitative estimate of drug-likeness (QED) is 0.744. The van der Waals surface area contributed by atoms with E-state index in [1.54, 1.807) is 7.11 Å². The van der Waals surface area contributed by atoms with Crippen molar-refractivity contribution in [1.29, 1.82) is 0 Å². The summed E-state index contributed by atoms with van der Waals surface area (Å²) in [6.45, 7) is 2.21. The van der Waals surface area contributed by atoms with Crippen LogP contribution in [-0.2, 0) is 21.4 Å². The Balaban J connectivity index is 2.32. The standard InChI is InChI=1S/C13H20BrNO5S/c1-9(10-3-4-10)15(5-6-19-2)21(17,18)12-7-11(8-16)20-13(12)14/h7,9-10,16H,3-6,8H2,1-2H3. The molecule has 0 saturated heterocycles. The van der Waals surface area contributed by atoms with Gasteiger partial charge < -0.3 is 14.3 Å². The number of hydrogen-bond donors (Lipinski definition) is 1. The maximum Gasteiger partial charge on any atom is 0.247 e. The SMILES string of the molecule is COCCN(C(C)C1CC1)S(=O)(=O)c1cc(CO)oc1Br. The number of halogens is 1. The number of aliphatic hydroxyl groups is 1. The van der Waals surface area contributed by atoms with Crippen molar-refractivity contribution in [1.82, 2.24) is 4.31 Å². The lowest BCUT2D eigenvalue weighted by Gasteiger charge is -2.27. The molecule has 1 saturated carbocycles. The molecule has 8 heteroatoms. The smallest absolute Gasteiger partial charge is 0.247 e. The second kappa shape index (κ2) is 6.78. The van der Waals surface area contributed by atoms with Crippen LogP contribution in [0.2, 0.25) is 0 Å². The zero-order valence-electron chi connectivity index (χ0n) is 12.1. The van der Waals surface area contributed by atoms with Gasteiger partial charge in [0.1, 0.15) is 17.3 Å². The summed E-state index contributed by atoms with van der Waals surface area (Å²) in [4.78, 5) is 0.0511. The highest BCUT2D eigenvalue weighted by Gasteiger charge is 2.39. The van der Waals surface area contributed by atoms with Crippen LogP contribution >= 0.6 is 15.9 Å². The van der Waals surface area contributed by atoms with Gasteiger partial charge in [-0.2, -0.15) is 4.31 Å². The van der Waals surface area contributed by atoms with Crippen LogP contribution in [0.3, 0.4) is 0 Å². The Labute approximate surface area is 133 Å². The molecule has 2 rings (SSSR count). The lowest BCUT2D eigenvalue weighted by atomic mass is 10.2. The molecule has 1 unspecified atom stereocenters. The van der Waals surface area contributed by atoms with Crippen LogP contribution in [0.25, 0.3) is 0 Å². The highest BCUT2D eigenvalue weighted by atomic mass is 79.9. The lowest BCUT2D eigenvalue weighted by Crippen LogP contribution is -2.41. The summed E-state index contributed by atoms with van der Waals surface area (Å²) < 4.78 is 37.5. The van der Waals surface area contributed by atoms with Crippen molar-refractivity contribution in [2.24, 2.45) is 5.92 Å². The van der Waals surface area contributed by atoms with Gasteiger partial charge in [0.15, 0.2) is 4.67 Å². The maximum absolute atomic E-state index is 12.9. The van der Waals surface area contributed by atoms with Crippen LogP contribution in [0.5, 0.6) is 0 Å². The molecule has 1 N–H and O–H groups in total. The predicted octanol–water partition coefficient (Wildman–Crippen LogP) is 1.97. The molecule has 0 radical (unpaired) electrons. The molecule has 0 aromatic carbocycles. The van der Waals surface area contributed by atoms with Crippen molar-refractivity contribution in [3.8, 4) is 0 Å². The summed E-state index contributed by atoms with van der Waals surface area (Å²) in [5.74, 6) is 0.617. The highest BCUT2D eigenvalue weighted by molar-refractivity contribution is 9.10. The van der Waals surface area contributed by atoms with Crippen LogP contribution in [0.15, 0.2) is 20.0 Å². The second-order valence-corrected chi connectivity index (χ2v) is 7.77. The number of ether oxygens (including phenoxy) is 1. The second-order valence-electron chi connectivity index (χ2n) is 5.20. The van der Waals surface area contributed by atoms with Crippen molar-refractivity contribution in [3.05, 3.63) is 16.5 Å². The van der Waals surface area contributed by atoms with E-state index in [-0.39, 0.29) is 28.0 Å². The molecule has 0 aliphatic heterocycles. The summed E-state index contributed by atoms with van der Waals surface area (Å²) in [5, 5.41) is 9.09. The van der Waals surface area contributed by atoms with Gasteiger partial charge in [-0.3, -0.25) is 0 Å². The van der Waals surface area contributed by atoms with Gasteiger partial charge in [0.05, 0.1) is 6.61 Å². The first-order valence-electron chi connectivity index (χ1n) is 6.81. The molecule has 1 aliphatic carbocycles. The Hall–Kier alpha value is -0.410. The maximum atomic E-state index is 12.9. The molecule has 0 amide bonds. The first kappa shape index (κ1) is 17.0. The monoisotopic (exact) mass is 381 g/mol. The molecule has 1 aromatic rings. The van der Waals surface area contributed by atoms with Crippen molar-refractivity contribution in [2.75, 3.05) is 20.3 Å². The topological polar surface area (TPSA) is 80.0 Å². The van der Waals surface area contributed by atoms with Crippen molar-refractivity contribution < 1.29 is 22.7 Å². The molecule has 1 heterocycles. The Bertz CT molecular complexity index is 581. The minimum atomic E-state index is -3.70. The number of sulfonamides is 1. The predicted molar refractivity (Wildman–Crippen MR) is 80.3 cm³/mol. The Morgan fingerprint density at radius 1 is 1.57 bits per heavy atom. The van der Waals surface area contributed by atoms with Crippen LogP contribution in [0.1, 0.15) is 25.5 Å². The molecule has 1 atom stereocenters.